The number of carbonyl (C=O) groups is 1. The molecule has 0 atom stereocenters. The fraction of sp³-hybridized carbons (Fsp3) is 0.375. The van der Waals surface area contributed by atoms with Crippen molar-refractivity contribution in [2.45, 2.75) is 25.7 Å². The van der Waals surface area contributed by atoms with E-state index in [4.69, 9.17) is 4.74 Å². The van der Waals surface area contributed by atoms with Gasteiger partial charge in [-0.2, -0.15) is 0 Å². The highest BCUT2D eigenvalue weighted by atomic mass is 32.1. The number of hydrogen-bond donors (Lipinski definition) is 1. The van der Waals surface area contributed by atoms with Crippen LogP contribution in [0.2, 0.25) is 0 Å². The number of fused-ring (bicyclic) bond motifs is 1. The van der Waals surface area contributed by atoms with Gasteiger partial charge in [0.15, 0.2) is 5.13 Å². The topological polar surface area (TPSA) is 51.2 Å². The van der Waals surface area contributed by atoms with Gasteiger partial charge < -0.3 is 10.1 Å². The standard InChI is InChI=1S/C16H16N2O2S/c19-15(10-2-1-3-10)18-16-17-13(9-21-16)11-4-5-14-12(8-11)6-7-20-14/h4-5,8-10H,1-3,6-7H2,(H,17,18,19). The van der Waals surface area contributed by atoms with Crippen molar-refractivity contribution in [3.8, 4) is 17.0 Å². The van der Waals surface area contributed by atoms with Crippen LogP contribution >= 0.6 is 11.3 Å². The molecule has 1 aromatic carbocycles. The van der Waals surface area contributed by atoms with E-state index in [0.717, 1.165) is 42.9 Å². The van der Waals surface area contributed by atoms with Crippen LogP contribution in [0.4, 0.5) is 5.13 Å². The molecule has 0 unspecified atom stereocenters. The lowest BCUT2D eigenvalue weighted by Crippen LogP contribution is -2.27. The van der Waals surface area contributed by atoms with Crippen molar-refractivity contribution >= 4 is 22.4 Å². The lowest BCUT2D eigenvalue weighted by Gasteiger charge is -2.23. The molecule has 0 bridgehead atoms. The molecular formula is C16H16N2O2S. The van der Waals surface area contributed by atoms with E-state index in [1.54, 1.807) is 0 Å². The number of ether oxygens (including phenoxy) is 1. The van der Waals surface area contributed by atoms with Gasteiger partial charge in [-0.25, -0.2) is 4.98 Å². The third-order valence-electron chi connectivity index (χ3n) is 4.20. The Morgan fingerprint density at radius 2 is 2.29 bits per heavy atom. The first kappa shape index (κ1) is 12.8. The van der Waals surface area contributed by atoms with Crippen molar-refractivity contribution in [1.82, 2.24) is 4.98 Å². The van der Waals surface area contributed by atoms with Crippen LogP contribution in [-0.4, -0.2) is 17.5 Å². The minimum atomic E-state index is 0.115. The molecule has 1 aliphatic carbocycles. The smallest absolute Gasteiger partial charge is 0.229 e. The third-order valence-corrected chi connectivity index (χ3v) is 4.95. The fourth-order valence-corrected chi connectivity index (χ4v) is 3.41. The van der Waals surface area contributed by atoms with Gasteiger partial charge in [-0.05, 0) is 36.6 Å². The summed E-state index contributed by atoms with van der Waals surface area (Å²) in [5.41, 5.74) is 3.24. The molecule has 2 aliphatic rings. The highest BCUT2D eigenvalue weighted by Gasteiger charge is 2.25. The Morgan fingerprint density at radius 3 is 3.10 bits per heavy atom. The Labute approximate surface area is 127 Å². The predicted molar refractivity (Wildman–Crippen MR) is 82.7 cm³/mol. The van der Waals surface area contributed by atoms with Crippen LogP contribution in [0, 0.1) is 5.92 Å². The van der Waals surface area contributed by atoms with Crippen LogP contribution in [0.1, 0.15) is 24.8 Å². The molecule has 1 aliphatic heterocycles. The van der Waals surface area contributed by atoms with E-state index in [0.29, 0.717) is 5.13 Å². The molecule has 4 nitrogen and oxygen atoms in total. The molecule has 5 heteroatoms. The summed E-state index contributed by atoms with van der Waals surface area (Å²) in [6.45, 7) is 0.762. The van der Waals surface area contributed by atoms with Crippen molar-refractivity contribution < 1.29 is 9.53 Å². The number of nitrogens with zero attached hydrogens (tertiary/aromatic N) is 1. The zero-order chi connectivity index (χ0) is 14.2. The second kappa shape index (κ2) is 5.15. The van der Waals surface area contributed by atoms with E-state index in [-0.39, 0.29) is 11.8 Å². The number of amides is 1. The quantitative estimate of drug-likeness (QED) is 0.944. The zero-order valence-corrected chi connectivity index (χ0v) is 12.4. The van der Waals surface area contributed by atoms with E-state index in [2.05, 4.69) is 16.4 Å². The highest BCUT2D eigenvalue weighted by molar-refractivity contribution is 7.14. The second-order valence-electron chi connectivity index (χ2n) is 5.58. The Hall–Kier alpha value is -1.88. The minimum absolute atomic E-state index is 0.115. The summed E-state index contributed by atoms with van der Waals surface area (Å²) in [7, 11) is 0. The molecule has 1 saturated carbocycles. The maximum absolute atomic E-state index is 11.9. The first-order chi connectivity index (χ1) is 10.3. The van der Waals surface area contributed by atoms with E-state index in [1.165, 1.54) is 23.3 Å². The maximum Gasteiger partial charge on any atom is 0.229 e. The summed E-state index contributed by atoms with van der Waals surface area (Å²) in [6, 6.07) is 6.16. The van der Waals surface area contributed by atoms with Gasteiger partial charge >= 0.3 is 0 Å². The Balaban J connectivity index is 1.52. The van der Waals surface area contributed by atoms with Crippen molar-refractivity contribution in [3.05, 3.63) is 29.1 Å². The number of thiazole rings is 1. The molecule has 108 valence electrons. The number of nitrogens with one attached hydrogen (secondary N) is 1. The van der Waals surface area contributed by atoms with Crippen molar-refractivity contribution in [1.29, 1.82) is 0 Å². The summed E-state index contributed by atoms with van der Waals surface area (Å²) in [5, 5.41) is 5.62. The lowest BCUT2D eigenvalue weighted by molar-refractivity contribution is -0.122. The Bertz CT molecular complexity index is 691. The third kappa shape index (κ3) is 2.42. The van der Waals surface area contributed by atoms with E-state index >= 15 is 0 Å². The van der Waals surface area contributed by atoms with Crippen molar-refractivity contribution in [2.75, 3.05) is 11.9 Å². The summed E-state index contributed by atoms with van der Waals surface area (Å²) in [4.78, 5) is 16.5. The van der Waals surface area contributed by atoms with Gasteiger partial charge in [0.2, 0.25) is 5.91 Å². The van der Waals surface area contributed by atoms with Gasteiger partial charge in [0, 0.05) is 23.3 Å². The molecule has 0 spiro atoms. The van der Waals surface area contributed by atoms with Crippen LogP contribution in [0.3, 0.4) is 0 Å². The van der Waals surface area contributed by atoms with E-state index in [1.807, 2.05) is 17.5 Å². The first-order valence-electron chi connectivity index (χ1n) is 7.32. The average molecular weight is 300 g/mol. The number of carbonyl (C=O) groups excluding carboxylic acids is 1. The molecule has 1 amide bonds. The molecule has 0 radical (unpaired) electrons. The fourth-order valence-electron chi connectivity index (χ4n) is 2.69. The second-order valence-corrected chi connectivity index (χ2v) is 6.43. The van der Waals surface area contributed by atoms with Crippen LogP contribution in [-0.2, 0) is 11.2 Å². The number of hydrogen-bond acceptors (Lipinski definition) is 4. The highest BCUT2D eigenvalue weighted by Crippen LogP contribution is 2.33. The van der Waals surface area contributed by atoms with Gasteiger partial charge in [0.1, 0.15) is 5.75 Å². The number of aromatic nitrogens is 1. The maximum atomic E-state index is 11.9. The normalized spacial score (nSPS) is 17.0. The largest absolute Gasteiger partial charge is 0.493 e. The van der Waals surface area contributed by atoms with Crippen molar-refractivity contribution in [2.24, 2.45) is 5.92 Å². The summed E-state index contributed by atoms with van der Waals surface area (Å²) < 4.78 is 5.52. The molecule has 2 aromatic rings. The number of anilines is 1. The molecule has 1 fully saturated rings. The molecule has 4 rings (SSSR count). The van der Waals surface area contributed by atoms with Crippen molar-refractivity contribution in [3.63, 3.8) is 0 Å². The molecule has 1 N–H and O–H groups in total. The number of rotatable bonds is 3. The monoisotopic (exact) mass is 300 g/mol. The van der Waals surface area contributed by atoms with Crippen LogP contribution in [0.15, 0.2) is 23.6 Å². The van der Waals surface area contributed by atoms with Crippen LogP contribution in [0.25, 0.3) is 11.3 Å². The predicted octanol–water partition coefficient (Wildman–Crippen LogP) is 3.48. The molecule has 2 heterocycles. The van der Waals surface area contributed by atoms with E-state index in [9.17, 15) is 4.79 Å². The molecule has 1 aromatic heterocycles. The Kier molecular flexibility index (Phi) is 3.15. The zero-order valence-electron chi connectivity index (χ0n) is 11.6. The molecular weight excluding hydrogens is 284 g/mol. The Morgan fingerprint density at radius 1 is 1.38 bits per heavy atom. The van der Waals surface area contributed by atoms with Gasteiger partial charge in [-0.3, -0.25) is 4.79 Å². The van der Waals surface area contributed by atoms with Gasteiger partial charge in [-0.15, -0.1) is 11.3 Å². The lowest BCUT2D eigenvalue weighted by atomic mass is 9.85. The summed E-state index contributed by atoms with van der Waals surface area (Å²) in [5.74, 6) is 1.28. The summed E-state index contributed by atoms with van der Waals surface area (Å²) in [6.07, 6.45) is 4.14. The number of benzene rings is 1. The van der Waals surface area contributed by atoms with Crippen LogP contribution in [0.5, 0.6) is 5.75 Å². The summed E-state index contributed by atoms with van der Waals surface area (Å²) >= 11 is 1.48. The first-order valence-corrected chi connectivity index (χ1v) is 8.20. The van der Waals surface area contributed by atoms with E-state index < -0.39 is 0 Å². The van der Waals surface area contributed by atoms with Gasteiger partial charge in [0.25, 0.3) is 0 Å². The SMILES string of the molecule is O=C(Nc1nc(-c2ccc3c(c2)CCO3)cs1)C1CCC1. The minimum Gasteiger partial charge on any atom is -0.493 e. The molecule has 21 heavy (non-hydrogen) atoms. The molecule has 0 saturated heterocycles. The van der Waals surface area contributed by atoms with Crippen LogP contribution < -0.4 is 10.1 Å². The van der Waals surface area contributed by atoms with Gasteiger partial charge in [-0.1, -0.05) is 6.42 Å². The average Bonchev–Trinajstić information content (AvgIpc) is 3.03. The van der Waals surface area contributed by atoms with Gasteiger partial charge in [0.05, 0.1) is 12.3 Å².